The summed E-state index contributed by atoms with van der Waals surface area (Å²) in [6, 6.07) is 11.9. The SMILES string of the molecule is COCCCC(=O)c1nc(NCc2ccccc2)nc2ccsc12. The lowest BCUT2D eigenvalue weighted by atomic mass is 10.1. The quantitative estimate of drug-likeness (QED) is 0.497. The van der Waals surface area contributed by atoms with Gasteiger partial charge in [-0.25, -0.2) is 9.97 Å². The standard InChI is InChI=1S/C18H19N3O2S/c1-23-10-5-8-15(22)16-17-14(9-11-24-17)20-18(21-16)19-12-13-6-3-2-4-7-13/h2-4,6-7,9,11H,5,8,10,12H2,1H3,(H,19,20,21). The van der Waals surface area contributed by atoms with E-state index < -0.39 is 0 Å². The molecule has 24 heavy (non-hydrogen) atoms. The number of nitrogens with one attached hydrogen (secondary N) is 1. The average Bonchev–Trinajstić information content (AvgIpc) is 3.08. The number of carbonyl (C=O) groups is 1. The highest BCUT2D eigenvalue weighted by Crippen LogP contribution is 2.25. The van der Waals surface area contributed by atoms with Gasteiger partial charge in [-0.05, 0) is 23.4 Å². The fourth-order valence-corrected chi connectivity index (χ4v) is 3.24. The monoisotopic (exact) mass is 341 g/mol. The van der Waals surface area contributed by atoms with Crippen LogP contribution in [-0.4, -0.2) is 29.5 Å². The number of ether oxygens (including phenoxy) is 1. The Morgan fingerprint density at radius 1 is 1.21 bits per heavy atom. The minimum absolute atomic E-state index is 0.0321. The fraction of sp³-hybridized carbons (Fsp3) is 0.278. The molecule has 2 heterocycles. The van der Waals surface area contributed by atoms with Crippen molar-refractivity contribution in [3.63, 3.8) is 0 Å². The van der Waals surface area contributed by atoms with Gasteiger partial charge in [-0.1, -0.05) is 30.3 Å². The number of Topliss-reactive ketones (excluding diaryl/α,β-unsaturated/α-hetero) is 1. The van der Waals surface area contributed by atoms with E-state index in [0.29, 0.717) is 37.6 Å². The van der Waals surface area contributed by atoms with Crippen LogP contribution < -0.4 is 5.32 Å². The van der Waals surface area contributed by atoms with Crippen molar-refractivity contribution in [1.82, 2.24) is 9.97 Å². The summed E-state index contributed by atoms with van der Waals surface area (Å²) in [6.45, 7) is 1.19. The van der Waals surface area contributed by atoms with Gasteiger partial charge in [0.05, 0.1) is 10.2 Å². The molecule has 124 valence electrons. The summed E-state index contributed by atoms with van der Waals surface area (Å²) in [6.07, 6.45) is 1.12. The highest BCUT2D eigenvalue weighted by Gasteiger charge is 2.15. The van der Waals surface area contributed by atoms with Crippen molar-refractivity contribution < 1.29 is 9.53 Å². The maximum absolute atomic E-state index is 12.5. The normalized spacial score (nSPS) is 10.9. The molecule has 0 saturated carbocycles. The molecular weight excluding hydrogens is 322 g/mol. The number of rotatable bonds is 8. The number of hydrogen-bond acceptors (Lipinski definition) is 6. The van der Waals surface area contributed by atoms with Gasteiger partial charge in [0.2, 0.25) is 5.95 Å². The van der Waals surface area contributed by atoms with Crippen molar-refractivity contribution in [2.75, 3.05) is 19.0 Å². The molecule has 2 aromatic heterocycles. The topological polar surface area (TPSA) is 64.1 Å². The zero-order valence-electron chi connectivity index (χ0n) is 13.5. The van der Waals surface area contributed by atoms with E-state index in [0.717, 1.165) is 15.8 Å². The van der Waals surface area contributed by atoms with Gasteiger partial charge in [0.1, 0.15) is 5.69 Å². The first-order valence-electron chi connectivity index (χ1n) is 7.83. The maximum atomic E-state index is 12.5. The van der Waals surface area contributed by atoms with Crippen LogP contribution in [0.15, 0.2) is 41.8 Å². The lowest BCUT2D eigenvalue weighted by molar-refractivity contribution is 0.0960. The number of hydrogen-bond donors (Lipinski definition) is 1. The Hall–Kier alpha value is -2.31. The third-order valence-electron chi connectivity index (χ3n) is 3.61. The molecule has 0 saturated heterocycles. The highest BCUT2D eigenvalue weighted by atomic mass is 32.1. The molecule has 1 aromatic carbocycles. The van der Waals surface area contributed by atoms with Crippen LogP contribution in [0.4, 0.5) is 5.95 Å². The van der Waals surface area contributed by atoms with E-state index in [1.54, 1.807) is 7.11 Å². The first kappa shape index (κ1) is 16.5. The van der Waals surface area contributed by atoms with Gasteiger partial charge >= 0.3 is 0 Å². The molecule has 3 rings (SSSR count). The number of anilines is 1. The summed E-state index contributed by atoms with van der Waals surface area (Å²) in [7, 11) is 1.64. The minimum atomic E-state index is 0.0321. The van der Waals surface area contributed by atoms with Crippen molar-refractivity contribution in [3.8, 4) is 0 Å². The zero-order valence-corrected chi connectivity index (χ0v) is 14.3. The molecule has 0 spiro atoms. The van der Waals surface area contributed by atoms with Crippen LogP contribution in [0.25, 0.3) is 10.2 Å². The Kier molecular flexibility index (Phi) is 5.51. The first-order valence-corrected chi connectivity index (χ1v) is 8.71. The second-order valence-corrected chi connectivity index (χ2v) is 6.31. The molecular formula is C18H19N3O2S. The molecule has 0 radical (unpaired) electrons. The van der Waals surface area contributed by atoms with Crippen LogP contribution in [0.5, 0.6) is 0 Å². The van der Waals surface area contributed by atoms with Crippen molar-refractivity contribution in [1.29, 1.82) is 0 Å². The van der Waals surface area contributed by atoms with Crippen LogP contribution in [0, 0.1) is 0 Å². The Bertz CT molecular complexity index is 818. The van der Waals surface area contributed by atoms with Crippen LogP contribution in [0.2, 0.25) is 0 Å². The molecule has 5 nitrogen and oxygen atoms in total. The summed E-state index contributed by atoms with van der Waals surface area (Å²) in [5.74, 6) is 0.518. The fourth-order valence-electron chi connectivity index (χ4n) is 2.40. The van der Waals surface area contributed by atoms with Crippen LogP contribution >= 0.6 is 11.3 Å². The number of methoxy groups -OCH3 is 1. The van der Waals surface area contributed by atoms with E-state index in [9.17, 15) is 4.79 Å². The molecule has 0 bridgehead atoms. The minimum Gasteiger partial charge on any atom is -0.385 e. The first-order chi connectivity index (χ1) is 11.8. The van der Waals surface area contributed by atoms with Gasteiger partial charge in [-0.15, -0.1) is 11.3 Å². The van der Waals surface area contributed by atoms with Gasteiger partial charge in [-0.3, -0.25) is 4.79 Å². The summed E-state index contributed by atoms with van der Waals surface area (Å²) < 4.78 is 5.87. The molecule has 3 aromatic rings. The number of benzene rings is 1. The van der Waals surface area contributed by atoms with E-state index >= 15 is 0 Å². The maximum Gasteiger partial charge on any atom is 0.224 e. The Morgan fingerprint density at radius 2 is 2.04 bits per heavy atom. The van der Waals surface area contributed by atoms with Crippen molar-refractivity contribution in [3.05, 3.63) is 53.0 Å². The van der Waals surface area contributed by atoms with E-state index in [2.05, 4.69) is 15.3 Å². The van der Waals surface area contributed by atoms with Gasteiger partial charge in [0.25, 0.3) is 0 Å². The Labute approximate surface area is 144 Å². The van der Waals surface area contributed by atoms with Gasteiger partial charge < -0.3 is 10.1 Å². The summed E-state index contributed by atoms with van der Waals surface area (Å²) in [5.41, 5.74) is 2.45. The zero-order chi connectivity index (χ0) is 16.8. The molecule has 6 heteroatoms. The smallest absolute Gasteiger partial charge is 0.224 e. The molecule has 0 amide bonds. The Morgan fingerprint density at radius 3 is 2.83 bits per heavy atom. The van der Waals surface area contributed by atoms with E-state index in [-0.39, 0.29) is 5.78 Å². The number of aromatic nitrogens is 2. The molecule has 0 unspecified atom stereocenters. The second-order valence-electron chi connectivity index (χ2n) is 5.39. The predicted molar refractivity (Wildman–Crippen MR) is 96.6 cm³/mol. The van der Waals surface area contributed by atoms with Gasteiger partial charge in [0, 0.05) is 26.7 Å². The molecule has 0 atom stereocenters. The van der Waals surface area contributed by atoms with Crippen molar-refractivity contribution in [2.45, 2.75) is 19.4 Å². The molecule has 0 aliphatic carbocycles. The van der Waals surface area contributed by atoms with Crippen LogP contribution in [-0.2, 0) is 11.3 Å². The average molecular weight is 341 g/mol. The molecule has 0 fully saturated rings. The van der Waals surface area contributed by atoms with Crippen LogP contribution in [0.1, 0.15) is 28.9 Å². The van der Waals surface area contributed by atoms with Crippen molar-refractivity contribution in [2.24, 2.45) is 0 Å². The van der Waals surface area contributed by atoms with E-state index in [4.69, 9.17) is 4.74 Å². The summed E-state index contributed by atoms with van der Waals surface area (Å²) in [4.78, 5) is 21.5. The van der Waals surface area contributed by atoms with Crippen molar-refractivity contribution >= 4 is 33.3 Å². The second kappa shape index (κ2) is 7.99. The summed E-state index contributed by atoms with van der Waals surface area (Å²) >= 11 is 1.50. The number of carbonyl (C=O) groups excluding carboxylic acids is 1. The third-order valence-corrected chi connectivity index (χ3v) is 4.52. The van der Waals surface area contributed by atoms with E-state index in [1.165, 1.54) is 11.3 Å². The largest absolute Gasteiger partial charge is 0.385 e. The number of nitrogens with zero attached hydrogens (tertiary/aromatic N) is 2. The lowest BCUT2D eigenvalue weighted by Crippen LogP contribution is -2.09. The highest BCUT2D eigenvalue weighted by molar-refractivity contribution is 7.17. The third kappa shape index (κ3) is 3.96. The lowest BCUT2D eigenvalue weighted by Gasteiger charge is -2.08. The number of ketones is 1. The Balaban J connectivity index is 1.80. The van der Waals surface area contributed by atoms with Gasteiger partial charge in [0.15, 0.2) is 5.78 Å². The van der Waals surface area contributed by atoms with Crippen LogP contribution in [0.3, 0.4) is 0 Å². The molecule has 1 N–H and O–H groups in total. The molecule has 0 aliphatic heterocycles. The predicted octanol–water partition coefficient (Wildman–Crippen LogP) is 3.91. The van der Waals surface area contributed by atoms with Gasteiger partial charge in [-0.2, -0.15) is 0 Å². The summed E-state index contributed by atoms with van der Waals surface area (Å²) in [5, 5.41) is 5.15. The number of fused-ring (bicyclic) bond motifs is 1. The number of thiophene rings is 1. The molecule has 0 aliphatic rings. The van der Waals surface area contributed by atoms with E-state index in [1.807, 2.05) is 41.8 Å².